The second-order valence-corrected chi connectivity index (χ2v) is 10.5. The summed E-state index contributed by atoms with van der Waals surface area (Å²) in [6, 6.07) is 4.28. The number of ether oxygens (including phenoxy) is 6. The van der Waals surface area contributed by atoms with Gasteiger partial charge in [0.25, 0.3) is 5.91 Å². The predicted octanol–water partition coefficient (Wildman–Crippen LogP) is 1.66. The monoisotopic (exact) mass is 630 g/mol. The molecule has 43 heavy (non-hydrogen) atoms. The first-order chi connectivity index (χ1) is 20.0. The van der Waals surface area contributed by atoms with E-state index in [2.05, 4.69) is 10.6 Å². The van der Waals surface area contributed by atoms with Crippen molar-refractivity contribution in [1.29, 1.82) is 0 Å². The molecule has 16 heteroatoms. The molecule has 0 spiro atoms. The van der Waals surface area contributed by atoms with Crippen molar-refractivity contribution < 1.29 is 62.3 Å². The van der Waals surface area contributed by atoms with Gasteiger partial charge in [-0.3, -0.25) is 19.2 Å². The first-order valence-corrected chi connectivity index (χ1v) is 13.6. The Morgan fingerprint density at radius 3 is 1.98 bits per heavy atom. The molecule has 5 atom stereocenters. The average molecular weight is 631 g/mol. The molecule has 15 nitrogen and oxygen atoms in total. The summed E-state index contributed by atoms with van der Waals surface area (Å²) >= 11 is 5.95. The highest BCUT2D eigenvalue weighted by Crippen LogP contribution is 2.32. The minimum atomic E-state index is -1.93. The van der Waals surface area contributed by atoms with Gasteiger partial charge in [0, 0.05) is 39.7 Å². The quantitative estimate of drug-likeness (QED) is 0.138. The Labute approximate surface area is 252 Å². The number of benzene rings is 1. The number of carbonyl (C=O) groups excluding carboxylic acids is 5. The van der Waals surface area contributed by atoms with Crippen molar-refractivity contribution in [3.05, 3.63) is 29.3 Å². The highest BCUT2D eigenvalue weighted by Gasteiger charge is 2.55. The lowest BCUT2D eigenvalue weighted by Gasteiger charge is -2.42. The van der Waals surface area contributed by atoms with Crippen LogP contribution in [0.5, 0.6) is 5.75 Å². The molecule has 0 saturated carbocycles. The van der Waals surface area contributed by atoms with Gasteiger partial charge < -0.3 is 44.2 Å². The summed E-state index contributed by atoms with van der Waals surface area (Å²) in [6.45, 7) is 8.15. The molecule has 0 radical (unpaired) electrons. The third-order valence-corrected chi connectivity index (χ3v) is 5.72. The van der Waals surface area contributed by atoms with Gasteiger partial charge in [-0.05, 0) is 38.5 Å². The van der Waals surface area contributed by atoms with Crippen LogP contribution in [0.4, 0.5) is 4.79 Å². The highest BCUT2D eigenvalue weighted by atomic mass is 35.5. The molecule has 3 N–H and O–H groups in total. The molecule has 1 aromatic carbocycles. The Bertz CT molecular complexity index is 1220. The fraction of sp³-hybridized carbons (Fsp3) is 0.556. The maximum absolute atomic E-state index is 13.1. The Morgan fingerprint density at radius 1 is 0.884 bits per heavy atom. The van der Waals surface area contributed by atoms with Crippen molar-refractivity contribution in [2.45, 2.75) is 83.7 Å². The number of nitrogens with one attached hydrogen (secondary N) is 2. The summed E-state index contributed by atoms with van der Waals surface area (Å²) in [5.41, 5.74) is -0.263. The minimum Gasteiger partial charge on any atom is -0.479 e. The van der Waals surface area contributed by atoms with Gasteiger partial charge in [0.05, 0.1) is 5.56 Å². The summed E-state index contributed by atoms with van der Waals surface area (Å²) in [6.07, 6.45) is -9.39. The Balaban J connectivity index is 2.38. The van der Waals surface area contributed by atoms with Crippen LogP contribution in [0.3, 0.4) is 0 Å². The first-order valence-electron chi connectivity index (χ1n) is 13.0. The van der Waals surface area contributed by atoms with Crippen molar-refractivity contribution in [2.24, 2.45) is 0 Å². The number of amides is 2. The first kappa shape index (κ1) is 35.1. The zero-order chi connectivity index (χ0) is 32.5. The van der Waals surface area contributed by atoms with Crippen LogP contribution in [0.2, 0.25) is 0 Å². The van der Waals surface area contributed by atoms with Crippen LogP contribution in [-0.2, 0) is 48.7 Å². The van der Waals surface area contributed by atoms with Gasteiger partial charge in [-0.1, -0.05) is 6.07 Å². The van der Waals surface area contributed by atoms with Crippen LogP contribution in [-0.4, -0.2) is 90.4 Å². The Hall–Kier alpha value is -4.11. The second-order valence-electron chi connectivity index (χ2n) is 10.3. The molecule has 1 aromatic rings. The molecule has 2 rings (SSSR count). The summed E-state index contributed by atoms with van der Waals surface area (Å²) in [7, 11) is 0. The van der Waals surface area contributed by atoms with Crippen molar-refractivity contribution in [1.82, 2.24) is 10.6 Å². The van der Waals surface area contributed by atoms with Gasteiger partial charge in [0.15, 0.2) is 18.3 Å². The van der Waals surface area contributed by atoms with Gasteiger partial charge in [-0.2, -0.15) is 0 Å². The average Bonchev–Trinajstić information content (AvgIpc) is 2.87. The zero-order valence-corrected chi connectivity index (χ0v) is 25.2. The van der Waals surface area contributed by atoms with Crippen LogP contribution in [0.25, 0.3) is 0 Å². The van der Waals surface area contributed by atoms with Crippen molar-refractivity contribution in [3.63, 3.8) is 0 Å². The van der Waals surface area contributed by atoms with Gasteiger partial charge in [0.1, 0.15) is 11.4 Å². The SMILES string of the molecule is CC(=O)OC1C(Oc2ccc(CCl)cc2C(=O)NCCNC(=O)OC(C)(C)C)OC(C(=O)O)C(OC(C)=O)C1OC(C)=O. The largest absolute Gasteiger partial charge is 0.479 e. The van der Waals surface area contributed by atoms with E-state index in [1.165, 1.54) is 18.2 Å². The summed E-state index contributed by atoms with van der Waals surface area (Å²) in [5.74, 6) is -5.11. The Morgan fingerprint density at radius 2 is 1.44 bits per heavy atom. The maximum Gasteiger partial charge on any atom is 0.407 e. The van der Waals surface area contributed by atoms with Crippen LogP contribution in [0.1, 0.15) is 57.5 Å². The van der Waals surface area contributed by atoms with Crippen LogP contribution >= 0.6 is 11.6 Å². The number of halogens is 1. The van der Waals surface area contributed by atoms with Crippen molar-refractivity contribution in [2.75, 3.05) is 13.1 Å². The Kier molecular flexibility index (Phi) is 12.6. The van der Waals surface area contributed by atoms with E-state index >= 15 is 0 Å². The molecule has 0 aliphatic carbocycles. The number of carboxylic acids is 1. The molecule has 0 aromatic heterocycles. The molecular weight excluding hydrogens is 596 g/mol. The standard InChI is InChI=1S/C27H35ClN2O13/c1-13(31)38-19-20(39-14(2)32)22(40-15(3)33)25(42-21(19)24(35)36)41-18-8-7-16(12-28)11-17(18)23(34)29-9-10-30-26(37)43-27(4,5)6/h7-8,11,19-22,25H,9-10,12H2,1-6H3,(H,29,34)(H,30,37)(H,35,36). The smallest absolute Gasteiger partial charge is 0.407 e. The number of rotatable bonds is 11. The number of hydrogen-bond donors (Lipinski definition) is 3. The van der Waals surface area contributed by atoms with Crippen LogP contribution < -0.4 is 15.4 Å². The van der Waals surface area contributed by atoms with E-state index in [9.17, 15) is 33.9 Å². The summed E-state index contributed by atoms with van der Waals surface area (Å²) in [4.78, 5) is 72.8. The van der Waals surface area contributed by atoms with Gasteiger partial charge >= 0.3 is 30.0 Å². The number of aliphatic carboxylic acids is 1. The topological polar surface area (TPSA) is 202 Å². The number of alkyl halides is 1. The summed E-state index contributed by atoms with van der Waals surface area (Å²) < 4.78 is 32.2. The lowest BCUT2D eigenvalue weighted by molar-refractivity contribution is -0.281. The third kappa shape index (κ3) is 10.9. The molecule has 1 aliphatic heterocycles. The van der Waals surface area contributed by atoms with Gasteiger partial charge in [-0.15, -0.1) is 11.6 Å². The van der Waals surface area contributed by atoms with Crippen LogP contribution in [0.15, 0.2) is 18.2 Å². The molecule has 1 saturated heterocycles. The van der Waals surface area contributed by atoms with Crippen molar-refractivity contribution >= 4 is 47.5 Å². The predicted molar refractivity (Wildman–Crippen MR) is 146 cm³/mol. The molecule has 0 bridgehead atoms. The van der Waals surface area contributed by atoms with E-state index in [0.29, 0.717) is 5.56 Å². The molecule has 238 valence electrons. The van der Waals surface area contributed by atoms with E-state index in [1.54, 1.807) is 20.8 Å². The lowest BCUT2D eigenvalue weighted by Crippen LogP contribution is -2.64. The fourth-order valence-corrected chi connectivity index (χ4v) is 4.05. The lowest BCUT2D eigenvalue weighted by atomic mass is 9.97. The number of carbonyl (C=O) groups is 6. The zero-order valence-electron chi connectivity index (χ0n) is 24.5. The van der Waals surface area contributed by atoms with Gasteiger partial charge in [0.2, 0.25) is 12.4 Å². The molecule has 1 heterocycles. The molecule has 5 unspecified atom stereocenters. The minimum absolute atomic E-state index is 0.0156. The maximum atomic E-state index is 13.1. The molecule has 2 amide bonds. The fourth-order valence-electron chi connectivity index (χ4n) is 3.88. The number of carboxylic acid groups (broad SMARTS) is 1. The van der Waals surface area contributed by atoms with E-state index in [0.717, 1.165) is 20.8 Å². The number of esters is 3. The van der Waals surface area contributed by atoms with Crippen molar-refractivity contribution in [3.8, 4) is 5.75 Å². The van der Waals surface area contributed by atoms with E-state index in [4.69, 9.17) is 40.0 Å². The number of hydrogen-bond acceptors (Lipinski definition) is 12. The second kappa shape index (κ2) is 15.4. The van der Waals surface area contributed by atoms with E-state index < -0.39 is 72.2 Å². The van der Waals surface area contributed by atoms with E-state index in [1.807, 2.05) is 0 Å². The molecule has 1 fully saturated rings. The highest BCUT2D eigenvalue weighted by molar-refractivity contribution is 6.17. The molecular formula is C27H35ClN2O13. The summed E-state index contributed by atoms with van der Waals surface area (Å²) in [5, 5.41) is 14.9. The van der Waals surface area contributed by atoms with Crippen LogP contribution in [0, 0.1) is 0 Å². The van der Waals surface area contributed by atoms with Gasteiger partial charge in [-0.25, -0.2) is 9.59 Å². The van der Waals surface area contributed by atoms with E-state index in [-0.39, 0.29) is 30.3 Å². The normalized spacial score (nSPS) is 21.5. The third-order valence-electron chi connectivity index (χ3n) is 5.41. The molecule has 1 aliphatic rings. The number of alkyl carbamates (subject to hydrolysis) is 1.